The van der Waals surface area contributed by atoms with Gasteiger partial charge in [0.2, 0.25) is 0 Å². The van der Waals surface area contributed by atoms with Gasteiger partial charge in [0, 0.05) is 23.0 Å². The second kappa shape index (κ2) is 5.07. The summed E-state index contributed by atoms with van der Waals surface area (Å²) in [6.07, 6.45) is 1.94. The van der Waals surface area contributed by atoms with E-state index >= 15 is 0 Å². The van der Waals surface area contributed by atoms with Gasteiger partial charge in [-0.25, -0.2) is 0 Å². The van der Waals surface area contributed by atoms with Crippen LogP contribution in [-0.2, 0) is 0 Å². The fraction of sp³-hybridized carbons (Fsp3) is 0.0556. The van der Waals surface area contributed by atoms with Crippen LogP contribution in [0.4, 0.5) is 0 Å². The highest BCUT2D eigenvalue weighted by Crippen LogP contribution is 2.27. The van der Waals surface area contributed by atoms with E-state index in [4.69, 9.17) is 0 Å². The minimum Gasteiger partial charge on any atom is -0.260 e. The Kier molecular flexibility index (Phi) is 3.11. The van der Waals surface area contributed by atoms with Crippen LogP contribution >= 0.6 is 0 Å². The average molecular weight is 245 g/mol. The number of hydrogen-bond donors (Lipinski definition) is 0. The first-order valence-electron chi connectivity index (χ1n) is 6.42. The summed E-state index contributed by atoms with van der Waals surface area (Å²) >= 11 is 0. The van der Waals surface area contributed by atoms with Crippen LogP contribution in [0.1, 0.15) is 5.69 Å². The van der Waals surface area contributed by atoms with Gasteiger partial charge in [-0.15, -0.1) is 0 Å². The van der Waals surface area contributed by atoms with Gasteiger partial charge in [-0.1, -0.05) is 60.7 Å². The second-order valence-corrected chi connectivity index (χ2v) is 4.59. The molecule has 0 N–H and O–H groups in total. The molecule has 0 atom stereocenters. The minimum atomic E-state index is 1.06. The van der Waals surface area contributed by atoms with Crippen LogP contribution < -0.4 is 0 Å². The molecule has 92 valence electrons. The van der Waals surface area contributed by atoms with E-state index in [9.17, 15) is 0 Å². The van der Waals surface area contributed by atoms with Gasteiger partial charge in [0.25, 0.3) is 0 Å². The lowest BCUT2D eigenvalue weighted by atomic mass is 10.00. The van der Waals surface area contributed by atoms with Crippen LogP contribution in [0.2, 0.25) is 0 Å². The number of rotatable bonds is 2. The molecule has 1 heteroatoms. The topological polar surface area (TPSA) is 12.9 Å². The molecule has 0 aliphatic carbocycles. The summed E-state index contributed by atoms with van der Waals surface area (Å²) in [5.74, 6) is 0. The van der Waals surface area contributed by atoms with Crippen molar-refractivity contribution in [3.05, 3.63) is 78.6 Å². The Hall–Kier alpha value is -2.41. The fourth-order valence-corrected chi connectivity index (χ4v) is 2.23. The standard InChI is InChI=1S/C18H15N/c1-14-18(16-10-6-3-7-11-16)12-17(13-19-14)15-8-4-2-5-9-15/h2-13H,1H3. The number of aromatic nitrogens is 1. The lowest BCUT2D eigenvalue weighted by Crippen LogP contribution is -1.89. The molecule has 0 fully saturated rings. The van der Waals surface area contributed by atoms with E-state index < -0.39 is 0 Å². The zero-order valence-corrected chi connectivity index (χ0v) is 10.9. The van der Waals surface area contributed by atoms with Crippen LogP contribution in [-0.4, -0.2) is 4.98 Å². The molecule has 1 nitrogen and oxygen atoms in total. The number of benzene rings is 2. The van der Waals surface area contributed by atoms with Crippen molar-refractivity contribution < 1.29 is 0 Å². The normalized spacial score (nSPS) is 10.4. The first kappa shape index (κ1) is 11.7. The molecular weight excluding hydrogens is 230 g/mol. The third kappa shape index (κ3) is 2.41. The Morgan fingerprint density at radius 2 is 1.26 bits per heavy atom. The molecule has 0 unspecified atom stereocenters. The van der Waals surface area contributed by atoms with Crippen molar-refractivity contribution in [2.45, 2.75) is 6.92 Å². The van der Waals surface area contributed by atoms with E-state index in [-0.39, 0.29) is 0 Å². The zero-order valence-electron chi connectivity index (χ0n) is 10.9. The van der Waals surface area contributed by atoms with Gasteiger partial charge in [-0.05, 0) is 24.1 Å². The van der Waals surface area contributed by atoms with Gasteiger partial charge in [-0.3, -0.25) is 4.98 Å². The Morgan fingerprint density at radius 1 is 0.684 bits per heavy atom. The average Bonchev–Trinajstić information content (AvgIpc) is 2.49. The zero-order chi connectivity index (χ0) is 13.1. The summed E-state index contributed by atoms with van der Waals surface area (Å²) in [4.78, 5) is 4.53. The van der Waals surface area contributed by atoms with E-state index in [1.54, 1.807) is 0 Å². The van der Waals surface area contributed by atoms with E-state index in [0.29, 0.717) is 0 Å². The van der Waals surface area contributed by atoms with Crippen LogP contribution in [0.15, 0.2) is 72.9 Å². The lowest BCUT2D eigenvalue weighted by molar-refractivity contribution is 1.20. The molecular formula is C18H15N. The summed E-state index contributed by atoms with van der Waals surface area (Å²) in [6, 6.07) is 23.0. The molecule has 0 aliphatic heterocycles. The molecule has 0 spiro atoms. The van der Waals surface area contributed by atoms with Gasteiger partial charge < -0.3 is 0 Å². The second-order valence-electron chi connectivity index (χ2n) is 4.59. The number of nitrogens with zero attached hydrogens (tertiary/aromatic N) is 1. The maximum atomic E-state index is 4.53. The van der Waals surface area contributed by atoms with Crippen molar-refractivity contribution in [3.8, 4) is 22.3 Å². The predicted octanol–water partition coefficient (Wildman–Crippen LogP) is 4.72. The van der Waals surface area contributed by atoms with E-state index in [1.165, 1.54) is 16.7 Å². The van der Waals surface area contributed by atoms with E-state index in [1.807, 2.05) is 18.3 Å². The van der Waals surface area contributed by atoms with Crippen LogP contribution in [0, 0.1) is 6.92 Å². The molecule has 1 heterocycles. The molecule has 19 heavy (non-hydrogen) atoms. The molecule has 0 amide bonds. The van der Waals surface area contributed by atoms with Crippen molar-refractivity contribution in [2.24, 2.45) is 0 Å². The highest BCUT2D eigenvalue weighted by atomic mass is 14.7. The Bertz CT molecular complexity index is 673. The minimum absolute atomic E-state index is 1.06. The van der Waals surface area contributed by atoms with Gasteiger partial charge in [0.1, 0.15) is 0 Å². The van der Waals surface area contributed by atoms with Crippen LogP contribution in [0.3, 0.4) is 0 Å². The monoisotopic (exact) mass is 245 g/mol. The summed E-state index contributed by atoms with van der Waals surface area (Å²) in [7, 11) is 0. The van der Waals surface area contributed by atoms with Gasteiger partial charge in [0.15, 0.2) is 0 Å². The van der Waals surface area contributed by atoms with Gasteiger partial charge >= 0.3 is 0 Å². The molecule has 0 bridgehead atoms. The SMILES string of the molecule is Cc1ncc(-c2ccccc2)cc1-c1ccccc1. The van der Waals surface area contributed by atoms with Crippen molar-refractivity contribution in [1.82, 2.24) is 4.98 Å². The van der Waals surface area contributed by atoms with Gasteiger partial charge in [-0.2, -0.15) is 0 Å². The number of pyridine rings is 1. The Morgan fingerprint density at radius 3 is 1.89 bits per heavy atom. The molecule has 1 aromatic heterocycles. The first-order chi connectivity index (χ1) is 9.34. The molecule has 0 saturated carbocycles. The van der Waals surface area contributed by atoms with E-state index in [2.05, 4.69) is 66.5 Å². The van der Waals surface area contributed by atoms with Crippen LogP contribution in [0.5, 0.6) is 0 Å². The lowest BCUT2D eigenvalue weighted by Gasteiger charge is -2.08. The highest BCUT2D eigenvalue weighted by Gasteiger charge is 2.05. The van der Waals surface area contributed by atoms with Crippen LogP contribution in [0.25, 0.3) is 22.3 Å². The first-order valence-corrected chi connectivity index (χ1v) is 6.42. The number of hydrogen-bond acceptors (Lipinski definition) is 1. The Labute approximate surface area is 113 Å². The van der Waals surface area contributed by atoms with Gasteiger partial charge in [0.05, 0.1) is 0 Å². The molecule has 2 aromatic carbocycles. The summed E-state index contributed by atoms with van der Waals surface area (Å²) < 4.78 is 0. The quantitative estimate of drug-likeness (QED) is 0.636. The smallest absolute Gasteiger partial charge is 0.0451 e. The summed E-state index contributed by atoms with van der Waals surface area (Å²) in [6.45, 7) is 2.05. The summed E-state index contributed by atoms with van der Waals surface area (Å²) in [5.41, 5.74) is 5.83. The van der Waals surface area contributed by atoms with Crippen molar-refractivity contribution in [1.29, 1.82) is 0 Å². The maximum Gasteiger partial charge on any atom is 0.0451 e. The van der Waals surface area contributed by atoms with E-state index in [0.717, 1.165) is 11.3 Å². The predicted molar refractivity (Wildman–Crippen MR) is 79.8 cm³/mol. The maximum absolute atomic E-state index is 4.53. The fourth-order valence-electron chi connectivity index (χ4n) is 2.23. The van der Waals surface area contributed by atoms with Crippen molar-refractivity contribution >= 4 is 0 Å². The van der Waals surface area contributed by atoms with Crippen molar-refractivity contribution in [3.63, 3.8) is 0 Å². The number of aryl methyl sites for hydroxylation is 1. The largest absolute Gasteiger partial charge is 0.260 e. The highest BCUT2D eigenvalue weighted by molar-refractivity contribution is 5.73. The van der Waals surface area contributed by atoms with Crippen molar-refractivity contribution in [2.75, 3.05) is 0 Å². The molecule has 0 radical (unpaired) electrons. The molecule has 0 saturated heterocycles. The molecule has 0 aliphatic rings. The third-order valence-electron chi connectivity index (χ3n) is 3.28. The molecule has 3 aromatic rings. The Balaban J connectivity index is 2.12. The molecule has 3 rings (SSSR count). The summed E-state index contributed by atoms with van der Waals surface area (Å²) in [5, 5.41) is 0. The third-order valence-corrected chi connectivity index (χ3v) is 3.28.